The zero-order valence-electron chi connectivity index (χ0n) is 18.7. The lowest BCUT2D eigenvalue weighted by Gasteiger charge is -2.28. The molecule has 5 rings (SSSR count). The van der Waals surface area contributed by atoms with E-state index in [2.05, 4.69) is 20.3 Å². The predicted molar refractivity (Wildman–Crippen MR) is 128 cm³/mol. The molecule has 1 aliphatic carbocycles. The summed E-state index contributed by atoms with van der Waals surface area (Å²) >= 11 is 0. The largest absolute Gasteiger partial charge is 0.497 e. The van der Waals surface area contributed by atoms with Crippen LogP contribution in [-0.4, -0.2) is 32.5 Å². The first kappa shape index (κ1) is 21.8. The fraction of sp³-hybridized carbons (Fsp3) is 0.280. The molecule has 1 aliphatic rings. The maximum atomic E-state index is 13.7. The molecule has 0 bridgehead atoms. The summed E-state index contributed by atoms with van der Waals surface area (Å²) in [4.78, 5) is 26.2. The van der Waals surface area contributed by atoms with Crippen LogP contribution in [0.1, 0.15) is 31.7 Å². The van der Waals surface area contributed by atoms with Gasteiger partial charge in [0.25, 0.3) is 0 Å². The van der Waals surface area contributed by atoms with Crippen molar-refractivity contribution in [3.05, 3.63) is 60.7 Å². The van der Waals surface area contributed by atoms with Crippen molar-refractivity contribution in [1.29, 1.82) is 0 Å². The Kier molecular flexibility index (Phi) is 5.83. The lowest BCUT2D eigenvalue weighted by molar-refractivity contribution is -0.120. The number of benzene rings is 2. The summed E-state index contributed by atoms with van der Waals surface area (Å²) < 4.78 is 20.9. The molecule has 8 nitrogen and oxygen atoms in total. The molecule has 3 N–H and O–H groups in total. The van der Waals surface area contributed by atoms with Gasteiger partial charge in [-0.3, -0.25) is 4.79 Å². The molecule has 2 aromatic carbocycles. The van der Waals surface area contributed by atoms with Crippen LogP contribution in [-0.2, 0) is 4.79 Å². The molecule has 0 saturated heterocycles. The van der Waals surface area contributed by atoms with Crippen LogP contribution in [0.15, 0.2) is 54.9 Å². The van der Waals surface area contributed by atoms with E-state index in [4.69, 9.17) is 10.5 Å². The van der Waals surface area contributed by atoms with Gasteiger partial charge in [-0.05, 0) is 49.9 Å². The number of carbonyl (C=O) groups is 1. The molecule has 0 spiro atoms. The Morgan fingerprint density at radius 2 is 1.91 bits per heavy atom. The molecular formula is C25H25FN6O2. The minimum Gasteiger partial charge on any atom is -0.497 e. The number of ether oxygens (including phenoxy) is 1. The molecule has 0 atom stereocenters. The van der Waals surface area contributed by atoms with Gasteiger partial charge in [-0.15, -0.1) is 0 Å². The van der Waals surface area contributed by atoms with Crippen LogP contribution in [0.3, 0.4) is 0 Å². The van der Waals surface area contributed by atoms with Crippen molar-refractivity contribution in [3.63, 3.8) is 0 Å². The number of rotatable bonds is 5. The van der Waals surface area contributed by atoms with Gasteiger partial charge in [-0.1, -0.05) is 18.2 Å². The minimum atomic E-state index is -0.362. The molecular weight excluding hydrogens is 435 g/mol. The second kappa shape index (κ2) is 9.09. The number of nitrogens with zero attached hydrogens (tertiary/aromatic N) is 4. The third kappa shape index (κ3) is 4.28. The Hall–Kier alpha value is -4.01. The number of hydrogen-bond acceptors (Lipinski definition) is 6. The number of imidazole rings is 1. The molecule has 0 unspecified atom stereocenters. The Balaban J connectivity index is 1.32. The molecule has 1 amide bonds. The van der Waals surface area contributed by atoms with Gasteiger partial charge in [-0.25, -0.2) is 19.3 Å². The number of nitrogens with one attached hydrogen (secondary N) is 1. The van der Waals surface area contributed by atoms with Gasteiger partial charge in [0.05, 0.1) is 13.4 Å². The normalized spacial score (nSPS) is 18.1. The molecule has 2 aromatic heterocycles. The summed E-state index contributed by atoms with van der Waals surface area (Å²) in [6.07, 6.45) is 4.84. The van der Waals surface area contributed by atoms with Crippen molar-refractivity contribution in [1.82, 2.24) is 19.5 Å². The summed E-state index contributed by atoms with van der Waals surface area (Å²) in [5.74, 6) is 0.903. The van der Waals surface area contributed by atoms with E-state index < -0.39 is 0 Å². The van der Waals surface area contributed by atoms with Crippen molar-refractivity contribution in [3.8, 4) is 17.1 Å². The topological polar surface area (TPSA) is 108 Å². The second-order valence-electron chi connectivity index (χ2n) is 8.49. The Labute approximate surface area is 196 Å². The van der Waals surface area contributed by atoms with Crippen LogP contribution in [0, 0.1) is 11.7 Å². The lowest BCUT2D eigenvalue weighted by Crippen LogP contribution is -2.28. The van der Waals surface area contributed by atoms with Crippen molar-refractivity contribution in [2.45, 2.75) is 31.7 Å². The number of amides is 1. The summed E-state index contributed by atoms with van der Waals surface area (Å²) in [5.41, 5.74) is 8.58. The molecule has 34 heavy (non-hydrogen) atoms. The van der Waals surface area contributed by atoms with Crippen LogP contribution in [0.25, 0.3) is 22.6 Å². The van der Waals surface area contributed by atoms with Gasteiger partial charge in [0.1, 0.15) is 17.1 Å². The molecule has 4 aromatic rings. The minimum absolute atomic E-state index is 0.0159. The van der Waals surface area contributed by atoms with Crippen LogP contribution in [0.5, 0.6) is 5.75 Å². The Bertz CT molecular complexity index is 1350. The fourth-order valence-electron chi connectivity index (χ4n) is 4.52. The SMILES string of the molecule is COc1cccc(NC(=O)C2CCC(n3cnc4c(N)nc(-c5cccc(F)c5)nc43)CC2)c1. The molecule has 1 fully saturated rings. The van der Waals surface area contributed by atoms with E-state index in [0.29, 0.717) is 28.3 Å². The molecule has 0 radical (unpaired) electrons. The zero-order chi connectivity index (χ0) is 23.7. The number of aromatic nitrogens is 4. The van der Waals surface area contributed by atoms with Gasteiger partial charge in [0, 0.05) is 29.3 Å². The van der Waals surface area contributed by atoms with Crippen molar-refractivity contribution in [2.75, 3.05) is 18.2 Å². The van der Waals surface area contributed by atoms with Crippen molar-refractivity contribution < 1.29 is 13.9 Å². The van der Waals surface area contributed by atoms with E-state index in [9.17, 15) is 9.18 Å². The number of halogens is 1. The number of nitrogens with two attached hydrogens (primary N) is 1. The second-order valence-corrected chi connectivity index (χ2v) is 8.49. The average molecular weight is 461 g/mol. The maximum Gasteiger partial charge on any atom is 0.227 e. The molecule has 9 heteroatoms. The van der Waals surface area contributed by atoms with E-state index >= 15 is 0 Å². The smallest absolute Gasteiger partial charge is 0.227 e. The van der Waals surface area contributed by atoms with Crippen molar-refractivity contribution in [2.24, 2.45) is 5.92 Å². The summed E-state index contributed by atoms with van der Waals surface area (Å²) in [7, 11) is 1.60. The number of hydrogen-bond donors (Lipinski definition) is 2. The highest BCUT2D eigenvalue weighted by atomic mass is 19.1. The third-order valence-corrected chi connectivity index (χ3v) is 6.33. The van der Waals surface area contributed by atoms with Gasteiger partial charge in [0.15, 0.2) is 17.3 Å². The number of anilines is 2. The highest BCUT2D eigenvalue weighted by Crippen LogP contribution is 2.35. The first-order valence-corrected chi connectivity index (χ1v) is 11.2. The fourth-order valence-corrected chi connectivity index (χ4v) is 4.52. The summed E-state index contributed by atoms with van der Waals surface area (Å²) in [6.45, 7) is 0. The molecule has 2 heterocycles. The van der Waals surface area contributed by atoms with Crippen LogP contribution in [0.2, 0.25) is 0 Å². The predicted octanol–water partition coefficient (Wildman–Crippen LogP) is 4.59. The van der Waals surface area contributed by atoms with Crippen LogP contribution in [0.4, 0.5) is 15.9 Å². The summed E-state index contributed by atoms with van der Waals surface area (Å²) in [5, 5.41) is 3.00. The van der Waals surface area contributed by atoms with Gasteiger partial charge in [-0.2, -0.15) is 0 Å². The average Bonchev–Trinajstić information content (AvgIpc) is 3.29. The van der Waals surface area contributed by atoms with Crippen LogP contribution >= 0.6 is 0 Å². The molecule has 1 saturated carbocycles. The first-order valence-electron chi connectivity index (χ1n) is 11.2. The van der Waals surface area contributed by atoms with E-state index in [1.54, 1.807) is 25.6 Å². The van der Waals surface area contributed by atoms with Crippen LogP contribution < -0.4 is 15.8 Å². The summed E-state index contributed by atoms with van der Waals surface area (Å²) in [6, 6.07) is 13.6. The molecule has 0 aliphatic heterocycles. The third-order valence-electron chi connectivity index (χ3n) is 6.33. The lowest BCUT2D eigenvalue weighted by atomic mass is 9.85. The standard InChI is InChI=1S/C25H25FN6O2/c1-34-20-7-3-6-18(13-20)29-25(33)15-8-10-19(11-9-15)32-14-28-21-22(27)30-23(31-24(21)32)16-4-2-5-17(26)12-16/h2-7,12-15,19H,8-11H2,1H3,(H,29,33)(H2,27,30,31). The number of nitrogen functional groups attached to an aromatic ring is 1. The first-order chi connectivity index (χ1) is 16.5. The quantitative estimate of drug-likeness (QED) is 0.451. The Morgan fingerprint density at radius 3 is 2.68 bits per heavy atom. The highest BCUT2D eigenvalue weighted by molar-refractivity contribution is 5.92. The van der Waals surface area contributed by atoms with E-state index in [0.717, 1.165) is 31.4 Å². The van der Waals surface area contributed by atoms with E-state index in [1.807, 2.05) is 28.8 Å². The Morgan fingerprint density at radius 1 is 1.12 bits per heavy atom. The molecule has 174 valence electrons. The number of methoxy groups -OCH3 is 1. The maximum absolute atomic E-state index is 13.7. The van der Waals surface area contributed by atoms with Gasteiger partial charge < -0.3 is 20.4 Å². The number of fused-ring (bicyclic) bond motifs is 1. The highest BCUT2D eigenvalue weighted by Gasteiger charge is 2.28. The van der Waals surface area contributed by atoms with Gasteiger partial charge in [0.2, 0.25) is 5.91 Å². The van der Waals surface area contributed by atoms with E-state index in [-0.39, 0.29) is 29.5 Å². The van der Waals surface area contributed by atoms with Crippen molar-refractivity contribution >= 4 is 28.6 Å². The number of carbonyl (C=O) groups excluding carboxylic acids is 1. The monoisotopic (exact) mass is 460 g/mol. The zero-order valence-corrected chi connectivity index (χ0v) is 18.7. The van der Waals surface area contributed by atoms with E-state index in [1.165, 1.54) is 12.1 Å². The van der Waals surface area contributed by atoms with Gasteiger partial charge >= 0.3 is 0 Å².